The summed E-state index contributed by atoms with van der Waals surface area (Å²) in [6.45, 7) is 0. The van der Waals surface area contributed by atoms with Gasteiger partial charge in [0.05, 0.1) is 18.4 Å². The summed E-state index contributed by atoms with van der Waals surface area (Å²) in [6, 6.07) is 12.4. The Labute approximate surface area is 125 Å². The molecule has 0 atom stereocenters. The highest BCUT2D eigenvalue weighted by Gasteiger charge is 2.09. The van der Waals surface area contributed by atoms with Crippen molar-refractivity contribution in [3.05, 3.63) is 59.9 Å². The van der Waals surface area contributed by atoms with E-state index >= 15 is 0 Å². The Morgan fingerprint density at radius 3 is 2.41 bits per heavy atom. The zero-order valence-corrected chi connectivity index (χ0v) is 11.6. The van der Waals surface area contributed by atoms with Gasteiger partial charge in [-0.2, -0.15) is 0 Å². The molecule has 1 heterocycles. The minimum Gasteiger partial charge on any atom is -0.465 e. The monoisotopic (exact) mass is 298 g/mol. The molecule has 0 saturated heterocycles. The lowest BCUT2D eigenvalue weighted by Gasteiger charge is -1.99. The number of carbonyl (C=O) groups is 1. The van der Waals surface area contributed by atoms with Gasteiger partial charge >= 0.3 is 5.97 Å². The summed E-state index contributed by atoms with van der Waals surface area (Å²) in [5, 5.41) is 12.1. The topological polar surface area (TPSA) is 69.9 Å². The summed E-state index contributed by atoms with van der Waals surface area (Å²) in [4.78, 5) is 12.7. The molecule has 0 aliphatic carbocycles. The zero-order valence-electron chi connectivity index (χ0n) is 11.6. The molecular weight excluding hydrogens is 287 g/mol. The highest BCUT2D eigenvalue weighted by Crippen LogP contribution is 2.16. The maximum absolute atomic E-state index is 12.9. The number of rotatable bonds is 3. The fourth-order valence-electron chi connectivity index (χ4n) is 1.89. The maximum atomic E-state index is 12.9. The van der Waals surface area contributed by atoms with Crippen LogP contribution in [0.15, 0.2) is 48.5 Å². The molecule has 0 saturated carbocycles. The SMILES string of the molecule is COC(=O)c1ccc(-c2nnn(-c3ccc(F)cc3)n2)cc1. The Bertz CT molecular complexity index is 797. The van der Waals surface area contributed by atoms with Crippen LogP contribution in [0.4, 0.5) is 4.39 Å². The highest BCUT2D eigenvalue weighted by molar-refractivity contribution is 5.89. The van der Waals surface area contributed by atoms with Gasteiger partial charge in [0.2, 0.25) is 5.82 Å². The fourth-order valence-corrected chi connectivity index (χ4v) is 1.89. The Kier molecular flexibility index (Phi) is 3.61. The lowest BCUT2D eigenvalue weighted by Crippen LogP contribution is -2.00. The molecule has 3 rings (SSSR count). The summed E-state index contributed by atoms with van der Waals surface area (Å²) in [6.07, 6.45) is 0. The molecule has 1 aromatic heterocycles. The van der Waals surface area contributed by atoms with E-state index in [0.717, 1.165) is 0 Å². The number of carbonyl (C=O) groups excluding carboxylic acids is 1. The molecule has 7 heteroatoms. The van der Waals surface area contributed by atoms with Crippen molar-refractivity contribution in [3.63, 3.8) is 0 Å². The molecule has 0 radical (unpaired) electrons. The van der Waals surface area contributed by atoms with Crippen LogP contribution >= 0.6 is 0 Å². The van der Waals surface area contributed by atoms with Crippen LogP contribution in [0.25, 0.3) is 17.1 Å². The fraction of sp³-hybridized carbons (Fsp3) is 0.0667. The van der Waals surface area contributed by atoms with Crippen molar-refractivity contribution < 1.29 is 13.9 Å². The number of esters is 1. The lowest BCUT2D eigenvalue weighted by atomic mass is 10.1. The molecule has 6 nitrogen and oxygen atoms in total. The Morgan fingerprint density at radius 2 is 1.77 bits per heavy atom. The predicted molar refractivity (Wildman–Crippen MR) is 75.9 cm³/mol. The van der Waals surface area contributed by atoms with Crippen molar-refractivity contribution in [2.24, 2.45) is 0 Å². The third-order valence-electron chi connectivity index (χ3n) is 3.04. The van der Waals surface area contributed by atoms with E-state index in [1.807, 2.05) is 0 Å². The first-order chi connectivity index (χ1) is 10.7. The van der Waals surface area contributed by atoms with Gasteiger partial charge in [-0.3, -0.25) is 0 Å². The summed E-state index contributed by atoms with van der Waals surface area (Å²) in [7, 11) is 1.33. The van der Waals surface area contributed by atoms with Crippen molar-refractivity contribution >= 4 is 5.97 Å². The van der Waals surface area contributed by atoms with Gasteiger partial charge in [0, 0.05) is 5.56 Å². The van der Waals surface area contributed by atoms with Crippen LogP contribution < -0.4 is 0 Å². The molecule has 2 aromatic carbocycles. The molecule has 0 bridgehead atoms. The average molecular weight is 298 g/mol. The Hall–Kier alpha value is -3.09. The largest absolute Gasteiger partial charge is 0.465 e. The van der Waals surface area contributed by atoms with Gasteiger partial charge < -0.3 is 4.74 Å². The van der Waals surface area contributed by atoms with Gasteiger partial charge in [0.15, 0.2) is 0 Å². The van der Waals surface area contributed by atoms with Crippen molar-refractivity contribution in [1.29, 1.82) is 0 Å². The van der Waals surface area contributed by atoms with Gasteiger partial charge in [0.25, 0.3) is 0 Å². The second kappa shape index (κ2) is 5.72. The molecule has 0 unspecified atom stereocenters. The quantitative estimate of drug-likeness (QED) is 0.694. The summed E-state index contributed by atoms with van der Waals surface area (Å²) in [5.41, 5.74) is 1.75. The number of ether oxygens (including phenoxy) is 1. The van der Waals surface area contributed by atoms with Crippen LogP contribution in [0.1, 0.15) is 10.4 Å². The summed E-state index contributed by atoms with van der Waals surface area (Å²) >= 11 is 0. The number of methoxy groups -OCH3 is 1. The molecule has 0 aliphatic heterocycles. The van der Waals surface area contributed by atoms with Crippen molar-refractivity contribution in [1.82, 2.24) is 20.2 Å². The maximum Gasteiger partial charge on any atom is 0.337 e. The predicted octanol–water partition coefficient (Wildman–Crippen LogP) is 2.25. The minimum atomic E-state index is -0.408. The number of nitrogens with zero attached hydrogens (tertiary/aromatic N) is 4. The van der Waals surface area contributed by atoms with Gasteiger partial charge in [0.1, 0.15) is 5.82 Å². The summed E-state index contributed by atoms with van der Waals surface area (Å²) in [5.74, 6) is -0.335. The van der Waals surface area contributed by atoms with Crippen LogP contribution in [0.5, 0.6) is 0 Å². The lowest BCUT2D eigenvalue weighted by molar-refractivity contribution is 0.0601. The van der Waals surface area contributed by atoms with E-state index in [2.05, 4.69) is 20.1 Å². The Balaban J connectivity index is 1.87. The van der Waals surface area contributed by atoms with Gasteiger partial charge in [-0.05, 0) is 41.6 Å². The van der Waals surface area contributed by atoms with E-state index in [9.17, 15) is 9.18 Å². The van der Waals surface area contributed by atoms with E-state index in [-0.39, 0.29) is 5.82 Å². The average Bonchev–Trinajstić information content (AvgIpc) is 3.05. The summed E-state index contributed by atoms with van der Waals surface area (Å²) < 4.78 is 17.5. The number of benzene rings is 2. The van der Waals surface area contributed by atoms with Crippen LogP contribution in [0.3, 0.4) is 0 Å². The first kappa shape index (κ1) is 13.9. The number of hydrogen-bond donors (Lipinski definition) is 0. The van der Waals surface area contributed by atoms with Gasteiger partial charge in [-0.25, -0.2) is 9.18 Å². The molecule has 0 amide bonds. The smallest absolute Gasteiger partial charge is 0.337 e. The third kappa shape index (κ3) is 2.69. The van der Waals surface area contributed by atoms with Crippen LogP contribution in [-0.2, 0) is 4.74 Å². The minimum absolute atomic E-state index is 0.331. The molecule has 0 N–H and O–H groups in total. The Morgan fingerprint density at radius 1 is 1.09 bits per heavy atom. The van der Waals surface area contributed by atoms with Crippen LogP contribution in [0, 0.1) is 5.82 Å². The molecule has 0 aliphatic rings. The van der Waals surface area contributed by atoms with Crippen molar-refractivity contribution in [3.8, 4) is 17.1 Å². The van der Waals surface area contributed by atoms with Crippen molar-refractivity contribution in [2.45, 2.75) is 0 Å². The van der Waals surface area contributed by atoms with E-state index in [0.29, 0.717) is 22.6 Å². The zero-order chi connectivity index (χ0) is 15.5. The molecule has 0 fully saturated rings. The van der Waals surface area contributed by atoms with Gasteiger partial charge in [-0.1, -0.05) is 12.1 Å². The molecule has 0 spiro atoms. The molecule has 22 heavy (non-hydrogen) atoms. The number of tetrazole rings is 1. The van der Waals surface area contributed by atoms with Crippen LogP contribution in [0.2, 0.25) is 0 Å². The molecule has 110 valence electrons. The first-order valence-corrected chi connectivity index (χ1v) is 6.42. The van der Waals surface area contributed by atoms with E-state index in [4.69, 9.17) is 0 Å². The molecule has 3 aromatic rings. The second-order valence-electron chi connectivity index (χ2n) is 4.45. The number of hydrogen-bond acceptors (Lipinski definition) is 5. The molecular formula is C15H11FN4O2. The van der Waals surface area contributed by atoms with Gasteiger partial charge in [-0.15, -0.1) is 15.0 Å². The first-order valence-electron chi connectivity index (χ1n) is 6.42. The number of aromatic nitrogens is 4. The van der Waals surface area contributed by atoms with Crippen molar-refractivity contribution in [2.75, 3.05) is 7.11 Å². The number of halogens is 1. The third-order valence-corrected chi connectivity index (χ3v) is 3.04. The van der Waals surface area contributed by atoms with E-state index in [1.165, 1.54) is 24.0 Å². The standard InChI is InChI=1S/C15H11FN4O2/c1-22-15(21)11-4-2-10(3-5-11)14-17-19-20(18-14)13-8-6-12(16)7-9-13/h2-9H,1H3. The highest BCUT2D eigenvalue weighted by atomic mass is 19.1. The van der Waals surface area contributed by atoms with E-state index < -0.39 is 5.97 Å². The van der Waals surface area contributed by atoms with Crippen LogP contribution in [-0.4, -0.2) is 33.3 Å². The second-order valence-corrected chi connectivity index (χ2v) is 4.45. The van der Waals surface area contributed by atoms with E-state index in [1.54, 1.807) is 36.4 Å². The normalized spacial score (nSPS) is 10.5.